The number of aromatic nitrogens is 5. The van der Waals surface area contributed by atoms with Crippen molar-refractivity contribution in [2.45, 2.75) is 34.6 Å². The summed E-state index contributed by atoms with van der Waals surface area (Å²) in [5.41, 5.74) is 19.6. The monoisotopic (exact) mass is 747 g/mol. The van der Waals surface area contributed by atoms with Crippen LogP contribution in [0.1, 0.15) is 27.8 Å². The van der Waals surface area contributed by atoms with Crippen LogP contribution in [-0.4, -0.2) is 24.1 Å². The molecular formula is C53H41N5. The summed E-state index contributed by atoms with van der Waals surface area (Å²) in [5, 5.41) is 4.87. The van der Waals surface area contributed by atoms with E-state index in [1.54, 1.807) is 0 Å². The molecule has 278 valence electrons. The smallest absolute Gasteiger partial charge is 0.147 e. The van der Waals surface area contributed by atoms with Crippen molar-refractivity contribution in [3.63, 3.8) is 0 Å². The molecular weight excluding hydrogens is 707 g/mol. The molecule has 0 saturated heterocycles. The molecule has 0 aliphatic rings. The number of imidazole rings is 1. The number of benzene rings is 7. The number of aryl methyl sites for hydroxylation is 5. The van der Waals surface area contributed by atoms with Gasteiger partial charge < -0.3 is 4.98 Å². The van der Waals surface area contributed by atoms with Crippen LogP contribution in [0.15, 0.2) is 152 Å². The highest BCUT2D eigenvalue weighted by molar-refractivity contribution is 6.14. The van der Waals surface area contributed by atoms with Crippen molar-refractivity contribution in [1.29, 1.82) is 0 Å². The summed E-state index contributed by atoms with van der Waals surface area (Å²) in [4.78, 5) is 14.3. The van der Waals surface area contributed by atoms with E-state index >= 15 is 0 Å². The fourth-order valence-electron chi connectivity index (χ4n) is 9.54. The number of hydrogen-bond donors (Lipinski definition) is 1. The molecule has 0 atom stereocenters. The molecule has 0 radical (unpaired) electrons. The molecule has 0 aliphatic heterocycles. The SMILES string of the molecule is Cc1cc(C)c(-c2ccc3c4ccc(-c5cccc6c5nc(-c5ccc(C)c7c5[nH]c5ccc(C)cc57)n6-c5ccccc5)cc4n(-c4ccccn4)c3c2)c(C)c1. The second-order valence-corrected chi connectivity index (χ2v) is 15.9. The number of para-hydroxylation sites is 2. The molecule has 11 aromatic rings. The van der Waals surface area contributed by atoms with Crippen molar-refractivity contribution in [2.75, 3.05) is 0 Å². The van der Waals surface area contributed by atoms with Crippen molar-refractivity contribution >= 4 is 54.6 Å². The highest BCUT2D eigenvalue weighted by Crippen LogP contribution is 2.42. The fraction of sp³-hybridized carbons (Fsp3) is 0.0943. The van der Waals surface area contributed by atoms with E-state index < -0.39 is 0 Å². The van der Waals surface area contributed by atoms with Gasteiger partial charge in [0, 0.05) is 50.1 Å². The van der Waals surface area contributed by atoms with Crippen LogP contribution in [0.25, 0.3) is 99.8 Å². The van der Waals surface area contributed by atoms with E-state index in [0.717, 1.165) is 67.1 Å². The highest BCUT2D eigenvalue weighted by atomic mass is 15.1. The Bertz CT molecular complexity index is 3410. The molecule has 0 amide bonds. The van der Waals surface area contributed by atoms with Crippen LogP contribution >= 0.6 is 0 Å². The maximum atomic E-state index is 5.60. The van der Waals surface area contributed by atoms with Crippen LogP contribution in [0, 0.1) is 34.6 Å². The van der Waals surface area contributed by atoms with Gasteiger partial charge in [0.15, 0.2) is 0 Å². The quantitative estimate of drug-likeness (QED) is 0.191. The van der Waals surface area contributed by atoms with Gasteiger partial charge >= 0.3 is 0 Å². The summed E-state index contributed by atoms with van der Waals surface area (Å²) in [7, 11) is 0. The van der Waals surface area contributed by atoms with E-state index in [1.165, 1.54) is 60.5 Å². The molecule has 0 aliphatic carbocycles. The van der Waals surface area contributed by atoms with Crippen LogP contribution in [0.3, 0.4) is 0 Å². The van der Waals surface area contributed by atoms with Gasteiger partial charge in [0.2, 0.25) is 0 Å². The molecule has 0 unspecified atom stereocenters. The Hall–Kier alpha value is -7.24. The molecule has 5 heteroatoms. The minimum atomic E-state index is 0.889. The van der Waals surface area contributed by atoms with E-state index in [0.29, 0.717) is 0 Å². The van der Waals surface area contributed by atoms with Gasteiger partial charge in [-0.25, -0.2) is 9.97 Å². The number of aromatic amines is 1. The minimum Gasteiger partial charge on any atom is -0.354 e. The van der Waals surface area contributed by atoms with Gasteiger partial charge in [-0.1, -0.05) is 96.1 Å². The summed E-state index contributed by atoms with van der Waals surface area (Å²) in [6, 6.07) is 52.8. The number of hydrogen-bond acceptors (Lipinski definition) is 2. The number of fused-ring (bicyclic) bond motifs is 7. The molecule has 0 spiro atoms. The minimum absolute atomic E-state index is 0.889. The molecule has 0 fully saturated rings. The van der Waals surface area contributed by atoms with Crippen LogP contribution in [0.5, 0.6) is 0 Å². The third kappa shape index (κ3) is 5.16. The van der Waals surface area contributed by atoms with Crippen LogP contribution in [0.4, 0.5) is 0 Å². The topological polar surface area (TPSA) is 51.4 Å². The summed E-state index contributed by atoms with van der Waals surface area (Å²) >= 11 is 0. The lowest BCUT2D eigenvalue weighted by Crippen LogP contribution is -1.98. The Morgan fingerprint density at radius 3 is 2.00 bits per heavy atom. The lowest BCUT2D eigenvalue weighted by Gasteiger charge is -2.13. The molecule has 1 N–H and O–H groups in total. The van der Waals surface area contributed by atoms with Crippen LogP contribution in [-0.2, 0) is 0 Å². The zero-order chi connectivity index (χ0) is 39.2. The summed E-state index contributed by atoms with van der Waals surface area (Å²) in [5.74, 6) is 1.79. The van der Waals surface area contributed by atoms with Crippen molar-refractivity contribution in [1.82, 2.24) is 24.1 Å². The standard InChI is InChI=1S/C53H41N5/c1-31-17-24-44-43(28-31)50-33(3)18-21-42(52(50)55-44)53-56-51-39(14-11-15-45(51)57(53)38-12-7-6-8-13-38)36-19-22-40-41-23-20-37(49-34(4)26-32(2)27-35(49)5)30-47(41)58(46(40)29-36)48-16-9-10-25-54-48/h6-30,55H,1-5H3. The second kappa shape index (κ2) is 12.9. The third-order valence-corrected chi connectivity index (χ3v) is 12.0. The normalized spacial score (nSPS) is 11.9. The average Bonchev–Trinajstić information content (AvgIpc) is 3.91. The van der Waals surface area contributed by atoms with Crippen LogP contribution < -0.4 is 0 Å². The molecule has 58 heavy (non-hydrogen) atoms. The Balaban J connectivity index is 1.17. The predicted octanol–water partition coefficient (Wildman–Crippen LogP) is 13.7. The Morgan fingerprint density at radius 1 is 0.500 bits per heavy atom. The van der Waals surface area contributed by atoms with Gasteiger partial charge in [-0.05, 0) is 129 Å². The van der Waals surface area contributed by atoms with Gasteiger partial charge in [-0.3, -0.25) is 9.13 Å². The molecule has 4 heterocycles. The maximum Gasteiger partial charge on any atom is 0.147 e. The molecule has 11 rings (SSSR count). The number of nitrogens with one attached hydrogen (secondary N) is 1. The first-order valence-electron chi connectivity index (χ1n) is 20.0. The molecule has 0 bridgehead atoms. The predicted molar refractivity (Wildman–Crippen MR) is 243 cm³/mol. The van der Waals surface area contributed by atoms with Crippen molar-refractivity contribution < 1.29 is 0 Å². The first-order valence-corrected chi connectivity index (χ1v) is 20.0. The lowest BCUT2D eigenvalue weighted by atomic mass is 9.93. The molecule has 7 aromatic carbocycles. The van der Waals surface area contributed by atoms with Crippen molar-refractivity contribution in [3.8, 4) is 45.1 Å². The first-order chi connectivity index (χ1) is 28.3. The molecule has 4 aromatic heterocycles. The summed E-state index contributed by atoms with van der Waals surface area (Å²) in [6.45, 7) is 11.0. The summed E-state index contributed by atoms with van der Waals surface area (Å²) in [6.07, 6.45) is 1.88. The number of nitrogens with zero attached hydrogens (tertiary/aromatic N) is 4. The number of pyridine rings is 1. The first kappa shape index (κ1) is 34.0. The number of H-pyrrole nitrogens is 1. The van der Waals surface area contributed by atoms with Gasteiger partial charge in [0.25, 0.3) is 0 Å². The van der Waals surface area contributed by atoms with E-state index in [2.05, 4.69) is 188 Å². The molecule has 0 saturated carbocycles. The number of rotatable bonds is 5. The van der Waals surface area contributed by atoms with E-state index in [1.807, 2.05) is 12.3 Å². The Labute approximate surface area is 336 Å². The van der Waals surface area contributed by atoms with Gasteiger partial charge in [-0.15, -0.1) is 0 Å². The Morgan fingerprint density at radius 2 is 1.24 bits per heavy atom. The van der Waals surface area contributed by atoms with Gasteiger partial charge in [-0.2, -0.15) is 0 Å². The van der Waals surface area contributed by atoms with Gasteiger partial charge in [0.1, 0.15) is 11.6 Å². The molecule has 5 nitrogen and oxygen atoms in total. The van der Waals surface area contributed by atoms with E-state index in [9.17, 15) is 0 Å². The van der Waals surface area contributed by atoms with Gasteiger partial charge in [0.05, 0.1) is 27.6 Å². The summed E-state index contributed by atoms with van der Waals surface area (Å²) < 4.78 is 4.64. The van der Waals surface area contributed by atoms with E-state index in [-0.39, 0.29) is 0 Å². The zero-order valence-corrected chi connectivity index (χ0v) is 33.2. The highest BCUT2D eigenvalue weighted by Gasteiger charge is 2.23. The lowest BCUT2D eigenvalue weighted by molar-refractivity contribution is 1.08. The fourth-order valence-corrected chi connectivity index (χ4v) is 9.54. The third-order valence-electron chi connectivity index (χ3n) is 12.0. The average molecular weight is 748 g/mol. The van der Waals surface area contributed by atoms with Crippen molar-refractivity contribution in [2.24, 2.45) is 0 Å². The maximum absolute atomic E-state index is 5.60. The van der Waals surface area contributed by atoms with E-state index in [4.69, 9.17) is 9.97 Å². The largest absolute Gasteiger partial charge is 0.354 e. The van der Waals surface area contributed by atoms with Crippen molar-refractivity contribution in [3.05, 3.63) is 180 Å². The second-order valence-electron chi connectivity index (χ2n) is 15.9. The Kier molecular flexibility index (Phi) is 7.57. The zero-order valence-electron chi connectivity index (χ0n) is 33.2. The van der Waals surface area contributed by atoms with Crippen LogP contribution in [0.2, 0.25) is 0 Å².